The van der Waals surface area contributed by atoms with E-state index in [1.807, 2.05) is 0 Å². The number of morpholine rings is 1. The second-order valence-corrected chi connectivity index (χ2v) is 4.95. The highest BCUT2D eigenvalue weighted by molar-refractivity contribution is 9.10. The molecule has 1 fully saturated rings. The number of hydrogen-bond donors (Lipinski definition) is 1. The van der Waals surface area contributed by atoms with Crippen LogP contribution in [0.25, 0.3) is 0 Å². The molecule has 0 radical (unpaired) electrons. The minimum atomic E-state index is -2.98. The van der Waals surface area contributed by atoms with E-state index in [-0.39, 0.29) is 11.2 Å². The summed E-state index contributed by atoms with van der Waals surface area (Å²) in [5, 5.41) is 2.43. The summed E-state index contributed by atoms with van der Waals surface area (Å²) < 4.78 is 45.8. The van der Waals surface area contributed by atoms with Gasteiger partial charge in [-0.2, -0.15) is 0 Å². The molecule has 0 aliphatic carbocycles. The average molecular weight is 339 g/mol. The summed E-state index contributed by atoms with van der Waals surface area (Å²) in [5.74, 6) is -0.883. The molecule has 104 valence electrons. The Bertz CT molecular complexity index is 489. The third-order valence-electron chi connectivity index (χ3n) is 2.84. The number of pyridine rings is 1. The first-order valence-corrected chi connectivity index (χ1v) is 6.20. The summed E-state index contributed by atoms with van der Waals surface area (Å²) >= 11 is 3.01. The van der Waals surface area contributed by atoms with Gasteiger partial charge in [-0.1, -0.05) is 0 Å². The van der Waals surface area contributed by atoms with Gasteiger partial charge in [-0.15, -0.1) is 0 Å². The Hall–Kier alpha value is -0.990. The Morgan fingerprint density at radius 2 is 2.32 bits per heavy atom. The minimum Gasteiger partial charge on any atom is -0.377 e. The first kappa shape index (κ1) is 14.4. The molecule has 0 bridgehead atoms. The fourth-order valence-electron chi connectivity index (χ4n) is 1.93. The molecule has 19 heavy (non-hydrogen) atoms. The minimum absolute atomic E-state index is 0.0341. The Balaban J connectivity index is 2.49. The molecule has 1 aliphatic rings. The lowest BCUT2D eigenvalue weighted by atomic mass is 9.93. The summed E-state index contributed by atoms with van der Waals surface area (Å²) in [5.41, 5.74) is -2.60. The van der Waals surface area contributed by atoms with Crippen LogP contribution in [-0.2, 0) is 15.1 Å². The zero-order valence-electron chi connectivity index (χ0n) is 9.58. The number of nitrogens with zero attached hydrogens (tertiary/aromatic N) is 1. The van der Waals surface area contributed by atoms with Crippen molar-refractivity contribution in [1.29, 1.82) is 0 Å². The molecule has 0 amide bonds. The second-order valence-electron chi connectivity index (χ2n) is 4.14. The molecule has 2 unspecified atom stereocenters. The Labute approximate surface area is 115 Å². The van der Waals surface area contributed by atoms with E-state index >= 15 is 0 Å². The van der Waals surface area contributed by atoms with E-state index in [0.29, 0.717) is 6.29 Å². The van der Waals surface area contributed by atoms with Crippen molar-refractivity contribution in [1.82, 2.24) is 10.3 Å². The van der Waals surface area contributed by atoms with E-state index in [9.17, 15) is 18.0 Å². The van der Waals surface area contributed by atoms with Crippen molar-refractivity contribution >= 4 is 22.2 Å². The summed E-state index contributed by atoms with van der Waals surface area (Å²) in [6.45, 7) is -0.497. The molecule has 0 saturated carbocycles. The lowest BCUT2D eigenvalue weighted by Crippen LogP contribution is -2.62. The van der Waals surface area contributed by atoms with Gasteiger partial charge in [0.1, 0.15) is 27.9 Å². The van der Waals surface area contributed by atoms with E-state index in [1.165, 1.54) is 6.07 Å². The van der Waals surface area contributed by atoms with E-state index in [4.69, 9.17) is 4.74 Å². The number of aldehydes is 1. The van der Waals surface area contributed by atoms with Crippen LogP contribution in [0, 0.1) is 5.82 Å². The molecular formula is C11H10BrF3N2O2. The van der Waals surface area contributed by atoms with Crippen molar-refractivity contribution in [2.45, 2.75) is 18.0 Å². The maximum Gasteiger partial charge on any atom is 0.264 e. The number of alkyl halides is 2. The summed E-state index contributed by atoms with van der Waals surface area (Å²) in [6, 6.07) is 1.41. The lowest BCUT2D eigenvalue weighted by Gasteiger charge is -2.39. The summed E-state index contributed by atoms with van der Waals surface area (Å²) in [6.07, 6.45) is -2.53. The van der Waals surface area contributed by atoms with Crippen LogP contribution in [0.1, 0.15) is 5.69 Å². The van der Waals surface area contributed by atoms with Crippen LogP contribution >= 0.6 is 15.9 Å². The van der Waals surface area contributed by atoms with E-state index in [2.05, 4.69) is 26.2 Å². The van der Waals surface area contributed by atoms with Crippen molar-refractivity contribution in [3.63, 3.8) is 0 Å². The molecule has 2 rings (SSSR count). The molecule has 0 aromatic carbocycles. The molecule has 1 N–H and O–H groups in total. The topological polar surface area (TPSA) is 51.2 Å². The van der Waals surface area contributed by atoms with Gasteiger partial charge in [0.2, 0.25) is 0 Å². The number of nitrogens with one attached hydrogen (secondary N) is 1. The third-order valence-corrected chi connectivity index (χ3v) is 3.28. The summed E-state index contributed by atoms with van der Waals surface area (Å²) in [7, 11) is 0. The molecule has 4 nitrogen and oxygen atoms in total. The maximum atomic E-state index is 13.8. The molecule has 1 aromatic rings. The van der Waals surface area contributed by atoms with Crippen LogP contribution < -0.4 is 5.32 Å². The predicted molar refractivity (Wildman–Crippen MR) is 63.4 cm³/mol. The van der Waals surface area contributed by atoms with Gasteiger partial charge in [0.15, 0.2) is 0 Å². The van der Waals surface area contributed by atoms with Crippen LogP contribution in [0.4, 0.5) is 13.2 Å². The third kappa shape index (κ3) is 2.65. The quantitative estimate of drug-likeness (QED) is 0.672. The number of halogens is 4. The highest BCUT2D eigenvalue weighted by atomic mass is 79.9. The number of ether oxygens (including phenoxy) is 1. The van der Waals surface area contributed by atoms with E-state index < -0.39 is 36.1 Å². The van der Waals surface area contributed by atoms with Crippen molar-refractivity contribution in [2.75, 3.05) is 13.2 Å². The van der Waals surface area contributed by atoms with Gasteiger partial charge < -0.3 is 9.53 Å². The normalized spacial score (nSPS) is 27.5. The number of aromatic nitrogens is 1. The highest BCUT2D eigenvalue weighted by Gasteiger charge is 2.49. The average Bonchev–Trinajstić information content (AvgIpc) is 2.41. The van der Waals surface area contributed by atoms with Crippen molar-refractivity contribution in [2.24, 2.45) is 0 Å². The first-order chi connectivity index (χ1) is 8.99. The van der Waals surface area contributed by atoms with Crippen LogP contribution in [0.2, 0.25) is 0 Å². The van der Waals surface area contributed by atoms with Crippen molar-refractivity contribution < 1.29 is 22.7 Å². The zero-order valence-corrected chi connectivity index (χ0v) is 11.2. The fourth-order valence-corrected chi connectivity index (χ4v) is 2.24. The van der Waals surface area contributed by atoms with E-state index in [0.717, 1.165) is 6.07 Å². The summed E-state index contributed by atoms with van der Waals surface area (Å²) in [4.78, 5) is 14.5. The van der Waals surface area contributed by atoms with Gasteiger partial charge >= 0.3 is 0 Å². The van der Waals surface area contributed by atoms with Gasteiger partial charge in [-0.3, -0.25) is 5.32 Å². The standard InChI is InChI=1S/C11H10BrF3N2O2/c12-8-2-1-7(13)9(16-8)11(10(14)15)5-19-4-6(3-18)17-11/h1-3,6,10,17H,4-5H2. The molecule has 8 heteroatoms. The number of hydrogen-bond acceptors (Lipinski definition) is 4. The zero-order chi connectivity index (χ0) is 14.0. The Morgan fingerprint density at radius 3 is 2.95 bits per heavy atom. The molecule has 1 aliphatic heterocycles. The first-order valence-electron chi connectivity index (χ1n) is 5.41. The van der Waals surface area contributed by atoms with Gasteiger partial charge in [0.25, 0.3) is 6.43 Å². The number of carbonyl (C=O) groups excluding carboxylic acids is 1. The molecular weight excluding hydrogens is 329 g/mol. The Kier molecular flexibility index (Phi) is 4.22. The monoisotopic (exact) mass is 338 g/mol. The maximum absolute atomic E-state index is 13.8. The van der Waals surface area contributed by atoms with Crippen LogP contribution in [-0.4, -0.2) is 37.0 Å². The van der Waals surface area contributed by atoms with Crippen molar-refractivity contribution in [3.05, 3.63) is 28.2 Å². The smallest absolute Gasteiger partial charge is 0.264 e. The van der Waals surface area contributed by atoms with Crippen molar-refractivity contribution in [3.8, 4) is 0 Å². The molecule has 2 heterocycles. The number of carbonyl (C=O) groups is 1. The van der Waals surface area contributed by atoms with Gasteiger partial charge in [0, 0.05) is 0 Å². The fraction of sp³-hybridized carbons (Fsp3) is 0.455. The Morgan fingerprint density at radius 1 is 1.58 bits per heavy atom. The van der Waals surface area contributed by atoms with Crippen LogP contribution in [0.5, 0.6) is 0 Å². The molecule has 1 aromatic heterocycles. The lowest BCUT2D eigenvalue weighted by molar-refractivity contribution is -0.121. The van der Waals surface area contributed by atoms with Gasteiger partial charge in [-0.25, -0.2) is 18.2 Å². The van der Waals surface area contributed by atoms with E-state index in [1.54, 1.807) is 0 Å². The highest BCUT2D eigenvalue weighted by Crippen LogP contribution is 2.33. The second kappa shape index (κ2) is 5.56. The largest absolute Gasteiger partial charge is 0.377 e. The SMILES string of the molecule is O=CC1COCC(c2nc(Br)ccc2F)(C(F)F)N1. The van der Waals surface area contributed by atoms with Crippen LogP contribution in [0.3, 0.4) is 0 Å². The predicted octanol–water partition coefficient (Wildman–Crippen LogP) is 1.63. The molecule has 2 atom stereocenters. The number of rotatable bonds is 3. The van der Waals surface area contributed by atoms with Gasteiger partial charge in [0.05, 0.1) is 19.3 Å². The van der Waals surface area contributed by atoms with Crippen LogP contribution in [0.15, 0.2) is 16.7 Å². The van der Waals surface area contributed by atoms with Gasteiger partial charge in [-0.05, 0) is 28.1 Å². The molecule has 0 spiro atoms. The molecule has 1 saturated heterocycles.